The second-order valence-electron chi connectivity index (χ2n) is 7.36. The minimum atomic E-state index is -0.549. The first kappa shape index (κ1) is 18.7. The van der Waals surface area contributed by atoms with Gasteiger partial charge >= 0.3 is 0 Å². The van der Waals surface area contributed by atoms with Gasteiger partial charge in [-0.05, 0) is 44.0 Å². The zero-order valence-corrected chi connectivity index (χ0v) is 15.9. The molecule has 2 saturated heterocycles. The van der Waals surface area contributed by atoms with Crippen molar-refractivity contribution in [2.24, 2.45) is 0 Å². The van der Waals surface area contributed by atoms with Crippen molar-refractivity contribution in [2.75, 3.05) is 31.1 Å². The molecule has 7 nitrogen and oxygen atoms in total. The lowest BCUT2D eigenvalue weighted by Gasteiger charge is -2.38. The number of pyridine rings is 1. The van der Waals surface area contributed by atoms with Gasteiger partial charge in [-0.1, -0.05) is 0 Å². The maximum absolute atomic E-state index is 12.7. The first-order chi connectivity index (χ1) is 13.7. The smallest absolute Gasteiger partial charge is 0.251 e. The van der Waals surface area contributed by atoms with Gasteiger partial charge in [-0.15, -0.1) is 0 Å². The Bertz CT molecular complexity index is 904. The van der Waals surface area contributed by atoms with Gasteiger partial charge in [-0.25, -0.2) is 0 Å². The first-order valence-corrected chi connectivity index (χ1v) is 9.73. The Labute approximate surface area is 164 Å². The van der Waals surface area contributed by atoms with Crippen LogP contribution in [0.5, 0.6) is 0 Å². The Morgan fingerprint density at radius 2 is 2.29 bits per heavy atom. The van der Waals surface area contributed by atoms with E-state index in [1.807, 2.05) is 25.1 Å². The Kier molecular flexibility index (Phi) is 5.42. The Morgan fingerprint density at radius 3 is 3.07 bits per heavy atom. The number of rotatable bonds is 4. The molecule has 2 fully saturated rings. The number of hydrogen-bond donors (Lipinski definition) is 1. The Balaban J connectivity index is 1.53. The van der Waals surface area contributed by atoms with Gasteiger partial charge in [0.2, 0.25) is 0 Å². The van der Waals surface area contributed by atoms with E-state index in [2.05, 4.69) is 21.3 Å². The lowest BCUT2D eigenvalue weighted by molar-refractivity contribution is -0.137. The van der Waals surface area contributed by atoms with Crippen LogP contribution in [0, 0.1) is 11.3 Å². The van der Waals surface area contributed by atoms with Crippen LogP contribution in [0.25, 0.3) is 10.9 Å². The molecular formula is C21H24N4O3. The van der Waals surface area contributed by atoms with Crippen LogP contribution in [0.15, 0.2) is 30.5 Å². The molecule has 2 aliphatic rings. The SMILES string of the molecule is C[C@@H]1CN(c2ccc(C#N)c3ncccc23)C[C@H](C(=O)NC[C@H]2CCCO2)O1. The molecule has 0 saturated carbocycles. The highest BCUT2D eigenvalue weighted by Crippen LogP contribution is 2.30. The molecule has 4 rings (SSSR count). The largest absolute Gasteiger partial charge is 0.376 e. The van der Waals surface area contributed by atoms with Crippen molar-refractivity contribution in [3.05, 3.63) is 36.0 Å². The number of carbonyl (C=O) groups is 1. The number of fused-ring (bicyclic) bond motifs is 1. The fourth-order valence-corrected chi connectivity index (χ4v) is 3.95. The van der Waals surface area contributed by atoms with Crippen molar-refractivity contribution < 1.29 is 14.3 Å². The molecule has 2 aromatic rings. The number of carbonyl (C=O) groups excluding carboxylic acids is 1. The van der Waals surface area contributed by atoms with Crippen LogP contribution in [-0.2, 0) is 14.3 Å². The lowest BCUT2D eigenvalue weighted by Crippen LogP contribution is -2.53. The molecule has 0 unspecified atom stereocenters. The molecule has 146 valence electrons. The quantitative estimate of drug-likeness (QED) is 0.873. The number of ether oxygens (including phenoxy) is 2. The molecule has 3 atom stereocenters. The number of morpholine rings is 1. The average molecular weight is 380 g/mol. The van der Waals surface area contributed by atoms with Crippen molar-refractivity contribution in [1.29, 1.82) is 5.26 Å². The van der Waals surface area contributed by atoms with E-state index < -0.39 is 6.10 Å². The summed E-state index contributed by atoms with van der Waals surface area (Å²) >= 11 is 0. The Morgan fingerprint density at radius 1 is 1.39 bits per heavy atom. The van der Waals surface area contributed by atoms with Gasteiger partial charge in [-0.3, -0.25) is 9.78 Å². The number of nitrogens with one attached hydrogen (secondary N) is 1. The summed E-state index contributed by atoms with van der Waals surface area (Å²) in [6.07, 6.45) is 3.19. The van der Waals surface area contributed by atoms with E-state index in [1.54, 1.807) is 12.3 Å². The van der Waals surface area contributed by atoms with Crippen LogP contribution >= 0.6 is 0 Å². The molecule has 7 heteroatoms. The van der Waals surface area contributed by atoms with Crippen LogP contribution in [0.4, 0.5) is 5.69 Å². The van der Waals surface area contributed by atoms with Gasteiger partial charge in [-0.2, -0.15) is 5.26 Å². The summed E-state index contributed by atoms with van der Waals surface area (Å²) in [6.45, 7) is 4.39. The summed E-state index contributed by atoms with van der Waals surface area (Å²) in [5.74, 6) is -0.108. The van der Waals surface area contributed by atoms with E-state index in [0.717, 1.165) is 30.5 Å². The fraction of sp³-hybridized carbons (Fsp3) is 0.476. The van der Waals surface area contributed by atoms with Gasteiger partial charge in [0.25, 0.3) is 5.91 Å². The predicted octanol–water partition coefficient (Wildman–Crippen LogP) is 2.00. The standard InChI is InChI=1S/C21H24N4O3/c1-14-12-25(13-19(28-14)21(26)24-11-16-4-3-9-27-16)18-7-6-15(10-22)20-17(18)5-2-8-23-20/h2,5-8,14,16,19H,3-4,9,11-13H2,1H3,(H,24,26)/t14-,16-,19-/m1/s1. The molecule has 1 amide bonds. The summed E-state index contributed by atoms with van der Waals surface area (Å²) in [4.78, 5) is 19.2. The zero-order valence-electron chi connectivity index (χ0n) is 15.9. The number of nitriles is 1. The van der Waals surface area contributed by atoms with Crippen LogP contribution in [0.3, 0.4) is 0 Å². The second kappa shape index (κ2) is 8.13. The van der Waals surface area contributed by atoms with E-state index in [0.29, 0.717) is 30.7 Å². The minimum Gasteiger partial charge on any atom is -0.376 e. The first-order valence-electron chi connectivity index (χ1n) is 9.73. The molecule has 0 spiro atoms. The van der Waals surface area contributed by atoms with Gasteiger partial charge in [0.15, 0.2) is 6.10 Å². The van der Waals surface area contributed by atoms with E-state index in [9.17, 15) is 10.1 Å². The highest BCUT2D eigenvalue weighted by Gasteiger charge is 2.32. The maximum Gasteiger partial charge on any atom is 0.251 e. The monoisotopic (exact) mass is 380 g/mol. The third-order valence-electron chi connectivity index (χ3n) is 5.29. The van der Waals surface area contributed by atoms with Crippen molar-refractivity contribution in [2.45, 2.75) is 38.1 Å². The second-order valence-corrected chi connectivity index (χ2v) is 7.36. The van der Waals surface area contributed by atoms with Crippen molar-refractivity contribution >= 4 is 22.5 Å². The van der Waals surface area contributed by atoms with Crippen LogP contribution < -0.4 is 10.2 Å². The molecule has 0 aliphatic carbocycles. The number of hydrogen-bond acceptors (Lipinski definition) is 6. The number of aromatic nitrogens is 1. The molecule has 0 radical (unpaired) electrons. The number of benzene rings is 1. The van der Waals surface area contributed by atoms with Crippen LogP contribution in [0.2, 0.25) is 0 Å². The van der Waals surface area contributed by atoms with Crippen LogP contribution in [-0.4, -0.2) is 55.4 Å². The van der Waals surface area contributed by atoms with Gasteiger partial charge in [0.1, 0.15) is 6.07 Å². The highest BCUT2D eigenvalue weighted by molar-refractivity contribution is 5.95. The van der Waals surface area contributed by atoms with Gasteiger partial charge in [0, 0.05) is 37.0 Å². The van der Waals surface area contributed by atoms with Crippen LogP contribution in [0.1, 0.15) is 25.3 Å². The molecule has 0 bridgehead atoms. The molecular weight excluding hydrogens is 356 g/mol. The predicted molar refractivity (Wildman–Crippen MR) is 105 cm³/mol. The molecule has 2 aliphatic heterocycles. The summed E-state index contributed by atoms with van der Waals surface area (Å²) in [6, 6.07) is 9.75. The number of nitrogens with zero attached hydrogens (tertiary/aromatic N) is 3. The molecule has 3 heterocycles. The topological polar surface area (TPSA) is 87.5 Å². The summed E-state index contributed by atoms with van der Waals surface area (Å²) in [7, 11) is 0. The number of anilines is 1. The maximum atomic E-state index is 12.7. The van der Waals surface area contributed by atoms with Crippen molar-refractivity contribution in [3.8, 4) is 6.07 Å². The minimum absolute atomic E-state index is 0.0883. The van der Waals surface area contributed by atoms with E-state index >= 15 is 0 Å². The van der Waals surface area contributed by atoms with Crippen molar-refractivity contribution in [3.63, 3.8) is 0 Å². The summed E-state index contributed by atoms with van der Waals surface area (Å²) < 4.78 is 11.5. The van der Waals surface area contributed by atoms with Gasteiger partial charge < -0.3 is 19.7 Å². The normalized spacial score (nSPS) is 24.9. The molecule has 1 aromatic heterocycles. The zero-order chi connectivity index (χ0) is 19.5. The van der Waals surface area contributed by atoms with Crippen molar-refractivity contribution in [1.82, 2.24) is 10.3 Å². The molecule has 1 aromatic carbocycles. The third kappa shape index (κ3) is 3.79. The Hall–Kier alpha value is -2.69. The average Bonchev–Trinajstić information content (AvgIpc) is 3.24. The molecule has 1 N–H and O–H groups in total. The summed E-state index contributed by atoms with van der Waals surface area (Å²) in [5, 5.41) is 13.2. The third-order valence-corrected chi connectivity index (χ3v) is 5.29. The van der Waals surface area contributed by atoms with E-state index in [4.69, 9.17) is 9.47 Å². The van der Waals surface area contributed by atoms with E-state index in [-0.39, 0.29) is 18.1 Å². The lowest BCUT2D eigenvalue weighted by atomic mass is 10.1. The van der Waals surface area contributed by atoms with Gasteiger partial charge in [0.05, 0.1) is 29.8 Å². The number of amides is 1. The summed E-state index contributed by atoms with van der Waals surface area (Å²) in [5.41, 5.74) is 2.20. The fourth-order valence-electron chi connectivity index (χ4n) is 3.95. The molecule has 28 heavy (non-hydrogen) atoms. The highest BCUT2D eigenvalue weighted by atomic mass is 16.5. The van der Waals surface area contributed by atoms with E-state index in [1.165, 1.54) is 0 Å².